The standard InChI is InChI=1S/C14H21NO2/c1-13(2,15)14(7-8-14)11-6-5-10(16-3)9-12(11)17-4/h5-6,9H,7-8,15H2,1-4H3. The molecule has 0 bridgehead atoms. The van der Waals surface area contributed by atoms with Crippen LogP contribution in [-0.2, 0) is 5.41 Å². The smallest absolute Gasteiger partial charge is 0.126 e. The Balaban J connectivity index is 2.46. The summed E-state index contributed by atoms with van der Waals surface area (Å²) >= 11 is 0. The highest BCUT2D eigenvalue weighted by molar-refractivity contribution is 5.49. The molecule has 1 aliphatic rings. The first-order chi connectivity index (χ1) is 7.94. The zero-order valence-corrected chi connectivity index (χ0v) is 11.0. The lowest BCUT2D eigenvalue weighted by Gasteiger charge is -2.32. The lowest BCUT2D eigenvalue weighted by atomic mass is 9.79. The molecule has 1 aromatic carbocycles. The van der Waals surface area contributed by atoms with Crippen molar-refractivity contribution in [2.45, 2.75) is 37.6 Å². The average Bonchev–Trinajstić information content (AvgIpc) is 3.08. The number of rotatable bonds is 4. The Labute approximate surface area is 103 Å². The lowest BCUT2D eigenvalue weighted by molar-refractivity contribution is 0.355. The molecule has 1 saturated carbocycles. The predicted molar refractivity (Wildman–Crippen MR) is 68.7 cm³/mol. The van der Waals surface area contributed by atoms with Gasteiger partial charge in [-0.3, -0.25) is 0 Å². The first-order valence-electron chi connectivity index (χ1n) is 5.96. The van der Waals surface area contributed by atoms with Crippen molar-refractivity contribution in [2.24, 2.45) is 5.73 Å². The second-order valence-corrected chi connectivity index (χ2v) is 5.37. The first kappa shape index (κ1) is 12.2. The maximum Gasteiger partial charge on any atom is 0.126 e. The summed E-state index contributed by atoms with van der Waals surface area (Å²) in [7, 11) is 3.35. The van der Waals surface area contributed by atoms with Crippen LogP contribution in [0.25, 0.3) is 0 Å². The molecule has 94 valence electrons. The van der Waals surface area contributed by atoms with Crippen molar-refractivity contribution >= 4 is 0 Å². The van der Waals surface area contributed by atoms with Gasteiger partial charge in [0.05, 0.1) is 14.2 Å². The molecule has 0 aromatic heterocycles. The Hall–Kier alpha value is -1.22. The molecule has 3 heteroatoms. The van der Waals surface area contributed by atoms with E-state index in [0.29, 0.717) is 0 Å². The Morgan fingerprint density at radius 2 is 1.82 bits per heavy atom. The second-order valence-electron chi connectivity index (χ2n) is 5.37. The molecular formula is C14H21NO2. The number of ether oxygens (including phenoxy) is 2. The molecule has 0 radical (unpaired) electrons. The van der Waals surface area contributed by atoms with Crippen LogP contribution in [0.15, 0.2) is 18.2 Å². The number of hydrogen-bond acceptors (Lipinski definition) is 3. The third-order valence-corrected chi connectivity index (χ3v) is 3.91. The van der Waals surface area contributed by atoms with Crippen molar-refractivity contribution in [1.29, 1.82) is 0 Å². The summed E-state index contributed by atoms with van der Waals surface area (Å²) in [6, 6.07) is 5.99. The van der Waals surface area contributed by atoms with E-state index in [0.717, 1.165) is 24.3 Å². The fourth-order valence-corrected chi connectivity index (χ4v) is 2.58. The summed E-state index contributed by atoms with van der Waals surface area (Å²) < 4.78 is 10.7. The van der Waals surface area contributed by atoms with Gasteiger partial charge >= 0.3 is 0 Å². The monoisotopic (exact) mass is 235 g/mol. The number of methoxy groups -OCH3 is 2. The molecule has 0 spiro atoms. The molecule has 0 heterocycles. The highest BCUT2D eigenvalue weighted by Gasteiger charge is 2.55. The molecule has 2 N–H and O–H groups in total. The first-order valence-corrected chi connectivity index (χ1v) is 5.96. The topological polar surface area (TPSA) is 44.5 Å². The van der Waals surface area contributed by atoms with Crippen molar-refractivity contribution < 1.29 is 9.47 Å². The van der Waals surface area contributed by atoms with E-state index in [-0.39, 0.29) is 11.0 Å². The molecule has 0 atom stereocenters. The molecule has 0 unspecified atom stereocenters. The molecule has 1 fully saturated rings. The average molecular weight is 235 g/mol. The minimum atomic E-state index is -0.227. The van der Waals surface area contributed by atoms with E-state index in [4.69, 9.17) is 15.2 Å². The van der Waals surface area contributed by atoms with Gasteiger partial charge in [-0.05, 0) is 32.8 Å². The number of benzene rings is 1. The van der Waals surface area contributed by atoms with Gasteiger partial charge in [0.1, 0.15) is 11.5 Å². The molecule has 3 nitrogen and oxygen atoms in total. The molecule has 1 aromatic rings. The van der Waals surface area contributed by atoms with Gasteiger partial charge in [-0.1, -0.05) is 6.07 Å². The van der Waals surface area contributed by atoms with Crippen molar-refractivity contribution in [1.82, 2.24) is 0 Å². The van der Waals surface area contributed by atoms with Gasteiger partial charge in [0.2, 0.25) is 0 Å². The number of nitrogens with two attached hydrogens (primary N) is 1. The van der Waals surface area contributed by atoms with Gasteiger partial charge in [-0.15, -0.1) is 0 Å². The number of hydrogen-bond donors (Lipinski definition) is 1. The van der Waals surface area contributed by atoms with E-state index >= 15 is 0 Å². The van der Waals surface area contributed by atoms with Crippen molar-refractivity contribution in [3.05, 3.63) is 23.8 Å². The summed E-state index contributed by atoms with van der Waals surface area (Å²) in [5.41, 5.74) is 7.35. The minimum absolute atomic E-state index is 0.0601. The van der Waals surface area contributed by atoms with E-state index in [1.807, 2.05) is 12.1 Å². The molecular weight excluding hydrogens is 214 g/mol. The molecule has 0 aliphatic heterocycles. The predicted octanol–water partition coefficient (Wildman–Crippen LogP) is 2.47. The zero-order valence-electron chi connectivity index (χ0n) is 11.0. The van der Waals surface area contributed by atoms with Crippen LogP contribution in [0.1, 0.15) is 32.3 Å². The van der Waals surface area contributed by atoms with Crippen LogP contribution in [-0.4, -0.2) is 19.8 Å². The van der Waals surface area contributed by atoms with Gasteiger partial charge in [0.15, 0.2) is 0 Å². The third kappa shape index (κ3) is 1.89. The minimum Gasteiger partial charge on any atom is -0.497 e. The van der Waals surface area contributed by atoms with Gasteiger partial charge < -0.3 is 15.2 Å². The van der Waals surface area contributed by atoms with Crippen LogP contribution in [0.3, 0.4) is 0 Å². The van der Waals surface area contributed by atoms with E-state index in [9.17, 15) is 0 Å². The third-order valence-electron chi connectivity index (χ3n) is 3.91. The Morgan fingerprint density at radius 1 is 1.18 bits per heavy atom. The van der Waals surface area contributed by atoms with Crippen molar-refractivity contribution in [2.75, 3.05) is 14.2 Å². The van der Waals surface area contributed by atoms with E-state index in [1.165, 1.54) is 5.56 Å². The maximum atomic E-state index is 6.32. The molecule has 0 saturated heterocycles. The van der Waals surface area contributed by atoms with Crippen molar-refractivity contribution in [3.8, 4) is 11.5 Å². The van der Waals surface area contributed by atoms with Gasteiger partial charge in [-0.2, -0.15) is 0 Å². The van der Waals surface area contributed by atoms with E-state index < -0.39 is 0 Å². The van der Waals surface area contributed by atoms with E-state index in [1.54, 1.807) is 14.2 Å². The van der Waals surface area contributed by atoms with E-state index in [2.05, 4.69) is 19.9 Å². The van der Waals surface area contributed by atoms with Gasteiger partial charge in [-0.25, -0.2) is 0 Å². The SMILES string of the molecule is COc1ccc(C2(C(C)(C)N)CC2)c(OC)c1. The Kier molecular flexibility index (Phi) is 2.82. The molecule has 2 rings (SSSR count). The summed E-state index contributed by atoms with van der Waals surface area (Å²) in [5.74, 6) is 1.69. The normalized spacial score (nSPS) is 17.7. The Morgan fingerprint density at radius 3 is 2.24 bits per heavy atom. The molecule has 17 heavy (non-hydrogen) atoms. The zero-order chi connectivity index (χ0) is 12.7. The highest BCUT2D eigenvalue weighted by atomic mass is 16.5. The summed E-state index contributed by atoms with van der Waals surface area (Å²) in [5, 5.41) is 0. The second kappa shape index (κ2) is 3.91. The molecule has 1 aliphatic carbocycles. The fraction of sp³-hybridized carbons (Fsp3) is 0.571. The van der Waals surface area contributed by atoms with Gasteiger partial charge in [0.25, 0.3) is 0 Å². The van der Waals surface area contributed by atoms with Crippen LogP contribution in [0.2, 0.25) is 0 Å². The van der Waals surface area contributed by atoms with Crippen LogP contribution < -0.4 is 15.2 Å². The van der Waals surface area contributed by atoms with Crippen molar-refractivity contribution in [3.63, 3.8) is 0 Å². The maximum absolute atomic E-state index is 6.32. The largest absolute Gasteiger partial charge is 0.497 e. The summed E-state index contributed by atoms with van der Waals surface area (Å²) in [4.78, 5) is 0. The highest BCUT2D eigenvalue weighted by Crippen LogP contribution is 2.57. The van der Waals surface area contributed by atoms with Crippen LogP contribution in [0.5, 0.6) is 11.5 Å². The fourth-order valence-electron chi connectivity index (χ4n) is 2.58. The quantitative estimate of drug-likeness (QED) is 0.872. The Bertz CT molecular complexity index is 417. The van der Waals surface area contributed by atoms with Crippen LogP contribution in [0, 0.1) is 0 Å². The summed E-state index contributed by atoms with van der Waals surface area (Å²) in [6.07, 6.45) is 2.25. The van der Waals surface area contributed by atoms with Crippen LogP contribution in [0.4, 0.5) is 0 Å². The van der Waals surface area contributed by atoms with Crippen LogP contribution >= 0.6 is 0 Å². The van der Waals surface area contributed by atoms with Gasteiger partial charge in [0, 0.05) is 22.6 Å². The summed E-state index contributed by atoms with van der Waals surface area (Å²) in [6.45, 7) is 4.17. The molecule has 0 amide bonds. The lowest BCUT2D eigenvalue weighted by Crippen LogP contribution is -2.45.